The Bertz CT molecular complexity index is 1200. The molecule has 0 aromatic heterocycles. The van der Waals surface area contributed by atoms with E-state index in [4.69, 9.17) is 9.47 Å². The topological polar surface area (TPSA) is 59.0 Å². The number of ether oxygens (including phenoxy) is 2. The Morgan fingerprint density at radius 3 is 2.21 bits per heavy atom. The van der Waals surface area contributed by atoms with Gasteiger partial charge >= 0.3 is 6.18 Å². The molecule has 2 aliphatic heterocycles. The Balaban J connectivity index is 1.24. The van der Waals surface area contributed by atoms with Crippen molar-refractivity contribution < 1.29 is 32.5 Å². The van der Waals surface area contributed by atoms with E-state index in [1.165, 1.54) is 12.1 Å². The van der Waals surface area contributed by atoms with E-state index in [0.29, 0.717) is 42.6 Å². The van der Waals surface area contributed by atoms with Crippen LogP contribution in [0.4, 0.5) is 13.2 Å². The zero-order valence-electron chi connectivity index (χ0n) is 18.3. The Morgan fingerprint density at radius 2 is 1.62 bits per heavy atom. The van der Waals surface area contributed by atoms with Gasteiger partial charge in [0.1, 0.15) is 17.5 Å². The highest BCUT2D eigenvalue weighted by molar-refractivity contribution is 5.94. The number of hydrogen-bond donors (Lipinski definition) is 1. The Kier molecular flexibility index (Phi) is 5.73. The molecule has 2 heterocycles. The van der Waals surface area contributed by atoms with Crippen molar-refractivity contribution in [1.82, 2.24) is 4.90 Å². The minimum Gasteiger partial charge on any atom is -0.490 e. The highest BCUT2D eigenvalue weighted by Gasteiger charge is 2.38. The average Bonchev–Trinajstić information content (AvgIpc) is 2.82. The molecule has 178 valence electrons. The first-order valence-corrected chi connectivity index (χ1v) is 11.2. The molecule has 0 saturated carbocycles. The summed E-state index contributed by atoms with van der Waals surface area (Å²) in [4.78, 5) is 14.7. The molecule has 0 radical (unpaired) electrons. The molecule has 5 rings (SSSR count). The molecular formula is C26H24F3NO4. The van der Waals surface area contributed by atoms with Gasteiger partial charge in [0.2, 0.25) is 0 Å². The third-order valence-electron chi connectivity index (χ3n) is 6.56. The van der Waals surface area contributed by atoms with Gasteiger partial charge < -0.3 is 19.5 Å². The molecule has 0 atom stereocenters. The fraction of sp³-hybridized carbons (Fsp3) is 0.346. The summed E-state index contributed by atoms with van der Waals surface area (Å²) in [7, 11) is 0. The third kappa shape index (κ3) is 4.23. The Hall–Kier alpha value is -3.10. The number of aliphatic hydroxyl groups is 1. The Labute approximate surface area is 194 Å². The van der Waals surface area contributed by atoms with E-state index < -0.39 is 17.3 Å². The van der Waals surface area contributed by atoms with Crippen LogP contribution in [0.15, 0.2) is 60.7 Å². The standard InChI is InChI=1S/C26H24F3NO4/c27-26(28,29)22-9-10-23(21-4-2-1-3-20(21)22)34-19-11-13-30(14-12-19)24(31)17-5-7-18(8-6-17)25(32)15-33-16-25/h1-10,19,32H,11-16H2. The number of hydrogen-bond acceptors (Lipinski definition) is 4. The van der Waals surface area contributed by atoms with Crippen molar-refractivity contribution in [2.45, 2.75) is 30.7 Å². The summed E-state index contributed by atoms with van der Waals surface area (Å²) in [5, 5.41) is 10.9. The number of likely N-dealkylation sites (tertiary alicyclic amines) is 1. The summed E-state index contributed by atoms with van der Waals surface area (Å²) in [6, 6.07) is 15.7. The molecular weight excluding hydrogens is 447 g/mol. The summed E-state index contributed by atoms with van der Waals surface area (Å²) >= 11 is 0. The number of benzene rings is 3. The maximum absolute atomic E-state index is 13.4. The quantitative estimate of drug-likeness (QED) is 0.596. The number of nitrogens with zero attached hydrogens (tertiary/aromatic N) is 1. The van der Waals surface area contributed by atoms with Crippen LogP contribution < -0.4 is 4.74 Å². The lowest BCUT2D eigenvalue weighted by Gasteiger charge is -2.37. The molecule has 0 bridgehead atoms. The van der Waals surface area contributed by atoms with Crippen LogP contribution in [0.25, 0.3) is 10.8 Å². The molecule has 0 spiro atoms. The number of alkyl halides is 3. The fourth-order valence-corrected chi connectivity index (χ4v) is 4.55. The van der Waals surface area contributed by atoms with Gasteiger partial charge in [-0.25, -0.2) is 0 Å². The monoisotopic (exact) mass is 471 g/mol. The summed E-state index contributed by atoms with van der Waals surface area (Å²) in [6.45, 7) is 1.48. The van der Waals surface area contributed by atoms with Crippen molar-refractivity contribution in [2.24, 2.45) is 0 Å². The molecule has 1 amide bonds. The van der Waals surface area contributed by atoms with E-state index in [1.54, 1.807) is 47.4 Å². The molecule has 0 aliphatic carbocycles. The molecule has 3 aromatic carbocycles. The smallest absolute Gasteiger partial charge is 0.417 e. The van der Waals surface area contributed by atoms with Crippen molar-refractivity contribution in [3.63, 3.8) is 0 Å². The Morgan fingerprint density at radius 1 is 0.971 bits per heavy atom. The number of carbonyl (C=O) groups is 1. The normalized spacial score (nSPS) is 18.5. The second-order valence-electron chi connectivity index (χ2n) is 8.87. The number of amides is 1. The van der Waals surface area contributed by atoms with E-state index in [2.05, 4.69) is 0 Å². The number of carbonyl (C=O) groups excluding carboxylic acids is 1. The molecule has 0 unspecified atom stereocenters. The van der Waals surface area contributed by atoms with E-state index in [0.717, 1.165) is 11.6 Å². The van der Waals surface area contributed by atoms with E-state index in [-0.39, 0.29) is 30.6 Å². The average molecular weight is 471 g/mol. The van der Waals surface area contributed by atoms with Crippen LogP contribution >= 0.6 is 0 Å². The molecule has 2 aliphatic rings. The van der Waals surface area contributed by atoms with Crippen LogP contribution in [0.2, 0.25) is 0 Å². The third-order valence-corrected chi connectivity index (χ3v) is 6.56. The number of rotatable bonds is 4. The van der Waals surface area contributed by atoms with Crippen LogP contribution in [0.1, 0.15) is 34.3 Å². The van der Waals surface area contributed by atoms with Crippen LogP contribution in [0.5, 0.6) is 5.75 Å². The molecule has 3 aromatic rings. The first-order valence-electron chi connectivity index (χ1n) is 11.2. The molecule has 34 heavy (non-hydrogen) atoms. The van der Waals surface area contributed by atoms with Crippen molar-refractivity contribution in [2.75, 3.05) is 26.3 Å². The van der Waals surface area contributed by atoms with Gasteiger partial charge in [-0.15, -0.1) is 0 Å². The summed E-state index contributed by atoms with van der Waals surface area (Å²) < 4.78 is 51.3. The minimum absolute atomic E-state index is 0.0955. The van der Waals surface area contributed by atoms with E-state index in [9.17, 15) is 23.1 Å². The van der Waals surface area contributed by atoms with Crippen LogP contribution in [0.3, 0.4) is 0 Å². The van der Waals surface area contributed by atoms with Crippen molar-refractivity contribution in [1.29, 1.82) is 0 Å². The van der Waals surface area contributed by atoms with Gasteiger partial charge in [-0.3, -0.25) is 4.79 Å². The molecule has 8 heteroatoms. The second-order valence-corrected chi connectivity index (χ2v) is 8.87. The molecule has 5 nitrogen and oxygen atoms in total. The first-order chi connectivity index (χ1) is 16.2. The van der Waals surface area contributed by atoms with Crippen LogP contribution in [0, 0.1) is 0 Å². The number of fused-ring (bicyclic) bond motifs is 1. The highest BCUT2D eigenvalue weighted by atomic mass is 19.4. The van der Waals surface area contributed by atoms with Gasteiger partial charge in [-0.1, -0.05) is 36.4 Å². The second kappa shape index (κ2) is 8.60. The van der Waals surface area contributed by atoms with E-state index in [1.807, 2.05) is 0 Å². The summed E-state index contributed by atoms with van der Waals surface area (Å²) in [5.74, 6) is 0.323. The van der Waals surface area contributed by atoms with Crippen LogP contribution in [-0.2, 0) is 16.5 Å². The minimum atomic E-state index is -4.44. The predicted octanol–water partition coefficient (Wildman–Crippen LogP) is 4.76. The van der Waals surface area contributed by atoms with Crippen molar-refractivity contribution >= 4 is 16.7 Å². The van der Waals surface area contributed by atoms with E-state index >= 15 is 0 Å². The fourth-order valence-electron chi connectivity index (χ4n) is 4.55. The van der Waals surface area contributed by atoms with Crippen molar-refractivity contribution in [3.8, 4) is 5.75 Å². The van der Waals surface area contributed by atoms with Crippen LogP contribution in [-0.4, -0.2) is 48.3 Å². The van der Waals surface area contributed by atoms with Gasteiger partial charge in [0.15, 0.2) is 0 Å². The van der Waals surface area contributed by atoms with Gasteiger partial charge in [0, 0.05) is 36.9 Å². The van der Waals surface area contributed by atoms with Gasteiger partial charge in [-0.05, 0) is 35.2 Å². The SMILES string of the molecule is O=C(c1ccc(C2(O)COC2)cc1)N1CCC(Oc2ccc(C(F)(F)F)c3ccccc23)CC1. The zero-order chi connectivity index (χ0) is 23.9. The van der Waals surface area contributed by atoms with Gasteiger partial charge in [-0.2, -0.15) is 13.2 Å². The van der Waals surface area contributed by atoms with Crippen molar-refractivity contribution in [3.05, 3.63) is 77.4 Å². The molecule has 2 saturated heterocycles. The summed E-state index contributed by atoms with van der Waals surface area (Å²) in [6.07, 6.45) is -3.47. The number of halogens is 3. The largest absolute Gasteiger partial charge is 0.490 e. The lowest BCUT2D eigenvalue weighted by Crippen LogP contribution is -2.46. The maximum Gasteiger partial charge on any atom is 0.417 e. The lowest BCUT2D eigenvalue weighted by molar-refractivity contribution is -0.184. The maximum atomic E-state index is 13.4. The number of piperidine rings is 1. The summed E-state index contributed by atoms with van der Waals surface area (Å²) in [5.41, 5.74) is -0.384. The van der Waals surface area contributed by atoms with Gasteiger partial charge in [0.25, 0.3) is 5.91 Å². The zero-order valence-corrected chi connectivity index (χ0v) is 18.3. The van der Waals surface area contributed by atoms with Gasteiger partial charge in [0.05, 0.1) is 18.8 Å². The highest BCUT2D eigenvalue weighted by Crippen LogP contribution is 2.39. The first kappa shape index (κ1) is 22.7. The lowest BCUT2D eigenvalue weighted by atomic mass is 9.91. The molecule has 1 N–H and O–H groups in total. The predicted molar refractivity (Wildman–Crippen MR) is 120 cm³/mol. The molecule has 2 fully saturated rings.